The second-order valence-electron chi connectivity index (χ2n) is 4.43. The zero-order valence-corrected chi connectivity index (χ0v) is 12.1. The Hall–Kier alpha value is -1.85. The van der Waals surface area contributed by atoms with Crippen molar-refractivity contribution in [2.75, 3.05) is 6.26 Å². The summed E-state index contributed by atoms with van der Waals surface area (Å²) in [7, 11) is -3.20. The molecule has 0 radical (unpaired) electrons. The molecule has 2 heterocycles. The Morgan fingerprint density at radius 3 is 2.45 bits per heavy atom. The fourth-order valence-corrected chi connectivity index (χ4v) is 2.75. The highest BCUT2D eigenvalue weighted by molar-refractivity contribution is 7.90. The number of fused-ring (bicyclic) bond motifs is 1. The van der Waals surface area contributed by atoms with Gasteiger partial charge in [0, 0.05) is 11.8 Å². The minimum atomic E-state index is -3.20. The topological polar surface area (TPSA) is 60.2 Å². The van der Waals surface area contributed by atoms with Crippen LogP contribution < -0.4 is 0 Å². The number of furan rings is 1. The van der Waals surface area contributed by atoms with E-state index in [1.165, 1.54) is 6.26 Å². The maximum atomic E-state index is 11.4. The van der Waals surface area contributed by atoms with E-state index in [1.54, 1.807) is 42.7 Å². The van der Waals surface area contributed by atoms with Crippen LogP contribution in [0.2, 0.25) is 5.15 Å². The highest BCUT2D eigenvalue weighted by atomic mass is 35.5. The first kappa shape index (κ1) is 13.1. The van der Waals surface area contributed by atoms with Gasteiger partial charge in [0.25, 0.3) is 0 Å². The first-order valence-corrected chi connectivity index (χ1v) is 8.06. The van der Waals surface area contributed by atoms with E-state index in [2.05, 4.69) is 4.98 Å². The van der Waals surface area contributed by atoms with Crippen molar-refractivity contribution < 1.29 is 12.8 Å². The monoisotopic (exact) mass is 307 g/mol. The maximum Gasteiger partial charge on any atom is 0.175 e. The zero-order chi connectivity index (χ0) is 14.3. The smallest absolute Gasteiger partial charge is 0.175 e. The van der Waals surface area contributed by atoms with E-state index in [9.17, 15) is 8.42 Å². The van der Waals surface area contributed by atoms with Crippen molar-refractivity contribution in [3.8, 4) is 11.1 Å². The van der Waals surface area contributed by atoms with E-state index in [-0.39, 0.29) is 4.90 Å². The summed E-state index contributed by atoms with van der Waals surface area (Å²) in [6, 6.07) is 9.98. The van der Waals surface area contributed by atoms with Crippen molar-refractivity contribution in [2.45, 2.75) is 4.90 Å². The van der Waals surface area contributed by atoms with Gasteiger partial charge in [-0.25, -0.2) is 13.4 Å². The predicted molar refractivity (Wildman–Crippen MR) is 77.6 cm³/mol. The molecule has 6 heteroatoms. The molecule has 3 aromatic rings. The predicted octanol–water partition coefficient (Wildman–Crippen LogP) is 3.55. The largest absolute Gasteiger partial charge is 0.462 e. The second-order valence-corrected chi connectivity index (χ2v) is 6.83. The number of nitrogens with zero attached hydrogens (tertiary/aromatic N) is 1. The molecule has 0 unspecified atom stereocenters. The molecule has 102 valence electrons. The fraction of sp³-hybridized carbons (Fsp3) is 0.0714. The molecule has 2 aromatic heterocycles. The molecule has 1 aromatic carbocycles. The summed E-state index contributed by atoms with van der Waals surface area (Å²) in [5.41, 5.74) is 2.90. The molecule has 0 fully saturated rings. The Morgan fingerprint density at radius 1 is 1.10 bits per heavy atom. The van der Waals surface area contributed by atoms with Gasteiger partial charge in [0.1, 0.15) is 16.9 Å². The Kier molecular flexibility index (Phi) is 3.03. The van der Waals surface area contributed by atoms with Crippen LogP contribution in [-0.2, 0) is 9.84 Å². The molecule has 0 aliphatic heterocycles. The Labute approximate surface area is 120 Å². The molecule has 0 atom stereocenters. The van der Waals surface area contributed by atoms with Gasteiger partial charge in [0.05, 0.1) is 4.90 Å². The average Bonchev–Trinajstić information content (AvgIpc) is 2.81. The van der Waals surface area contributed by atoms with E-state index in [1.807, 2.05) is 0 Å². The lowest BCUT2D eigenvalue weighted by Crippen LogP contribution is -1.96. The van der Waals surface area contributed by atoms with Crippen LogP contribution in [0.5, 0.6) is 0 Å². The molecule has 0 aliphatic carbocycles. The number of aromatic nitrogens is 1. The molecule has 0 amide bonds. The number of sulfone groups is 1. The van der Waals surface area contributed by atoms with Crippen molar-refractivity contribution in [1.82, 2.24) is 4.98 Å². The summed E-state index contributed by atoms with van der Waals surface area (Å²) in [5.74, 6) is 0. The zero-order valence-electron chi connectivity index (χ0n) is 10.5. The van der Waals surface area contributed by atoms with Crippen LogP contribution in [0.1, 0.15) is 0 Å². The van der Waals surface area contributed by atoms with Crippen LogP contribution in [0.3, 0.4) is 0 Å². The van der Waals surface area contributed by atoms with Gasteiger partial charge < -0.3 is 4.42 Å². The minimum absolute atomic E-state index is 0.278. The highest BCUT2D eigenvalue weighted by Gasteiger charge is 2.12. The van der Waals surface area contributed by atoms with Gasteiger partial charge >= 0.3 is 0 Å². The maximum absolute atomic E-state index is 11.4. The molecule has 0 spiro atoms. The number of benzene rings is 1. The standard InChI is InChI=1S/C14H10ClNO3S/c1-20(17,18)10-4-2-9(3-5-10)11-8-19-12-6-7-13(15)16-14(11)12/h2-8H,1H3. The van der Waals surface area contributed by atoms with E-state index in [0.717, 1.165) is 11.1 Å². The Bertz CT molecular complexity index is 882. The van der Waals surface area contributed by atoms with Crippen molar-refractivity contribution in [3.05, 3.63) is 47.8 Å². The number of pyridine rings is 1. The Morgan fingerprint density at radius 2 is 1.80 bits per heavy atom. The molecular weight excluding hydrogens is 298 g/mol. The van der Waals surface area contributed by atoms with Gasteiger partial charge in [-0.2, -0.15) is 0 Å². The average molecular weight is 308 g/mol. The van der Waals surface area contributed by atoms with Crippen LogP contribution in [0.4, 0.5) is 0 Å². The summed E-state index contributed by atoms with van der Waals surface area (Å²) in [4.78, 5) is 4.51. The molecular formula is C14H10ClNO3S. The number of hydrogen-bond acceptors (Lipinski definition) is 4. The van der Waals surface area contributed by atoms with Crippen molar-refractivity contribution in [3.63, 3.8) is 0 Å². The lowest BCUT2D eigenvalue weighted by molar-refractivity contribution is 0.602. The van der Waals surface area contributed by atoms with Gasteiger partial charge in [-0.3, -0.25) is 0 Å². The number of hydrogen-bond donors (Lipinski definition) is 0. The van der Waals surface area contributed by atoms with Crippen LogP contribution >= 0.6 is 11.6 Å². The van der Waals surface area contributed by atoms with Crippen LogP contribution in [0.15, 0.2) is 52.0 Å². The van der Waals surface area contributed by atoms with Crippen molar-refractivity contribution in [1.29, 1.82) is 0 Å². The van der Waals surface area contributed by atoms with Crippen molar-refractivity contribution in [2.24, 2.45) is 0 Å². The summed E-state index contributed by atoms with van der Waals surface area (Å²) < 4.78 is 28.3. The minimum Gasteiger partial charge on any atom is -0.462 e. The van der Waals surface area contributed by atoms with Crippen LogP contribution in [-0.4, -0.2) is 19.7 Å². The molecule has 3 rings (SSSR count). The van der Waals surface area contributed by atoms with Crippen LogP contribution in [0, 0.1) is 0 Å². The molecule has 0 N–H and O–H groups in total. The third-order valence-corrected chi connectivity index (χ3v) is 4.32. The lowest BCUT2D eigenvalue weighted by atomic mass is 10.1. The van der Waals surface area contributed by atoms with E-state index < -0.39 is 9.84 Å². The third-order valence-electron chi connectivity index (χ3n) is 2.98. The van der Waals surface area contributed by atoms with Gasteiger partial charge in [-0.1, -0.05) is 23.7 Å². The summed E-state index contributed by atoms with van der Waals surface area (Å²) >= 11 is 5.89. The van der Waals surface area contributed by atoms with Crippen LogP contribution in [0.25, 0.3) is 22.2 Å². The lowest BCUT2D eigenvalue weighted by Gasteiger charge is -2.01. The molecule has 0 saturated heterocycles. The highest BCUT2D eigenvalue weighted by Crippen LogP contribution is 2.30. The fourth-order valence-electron chi connectivity index (χ4n) is 1.98. The van der Waals surface area contributed by atoms with E-state index in [4.69, 9.17) is 16.0 Å². The normalized spacial score (nSPS) is 11.9. The summed E-state index contributed by atoms with van der Waals surface area (Å²) in [5, 5.41) is 0.382. The second kappa shape index (κ2) is 4.61. The molecule has 20 heavy (non-hydrogen) atoms. The summed E-state index contributed by atoms with van der Waals surface area (Å²) in [6.07, 6.45) is 2.76. The third kappa shape index (κ3) is 2.30. The first-order chi connectivity index (χ1) is 9.45. The summed E-state index contributed by atoms with van der Waals surface area (Å²) in [6.45, 7) is 0. The first-order valence-electron chi connectivity index (χ1n) is 5.79. The van der Waals surface area contributed by atoms with Gasteiger partial charge in [0.2, 0.25) is 0 Å². The molecule has 0 saturated carbocycles. The number of halogens is 1. The SMILES string of the molecule is CS(=O)(=O)c1ccc(-c2coc3ccc(Cl)nc23)cc1. The van der Waals surface area contributed by atoms with Gasteiger partial charge in [0.15, 0.2) is 15.4 Å². The van der Waals surface area contributed by atoms with Gasteiger partial charge in [-0.15, -0.1) is 0 Å². The van der Waals surface area contributed by atoms with E-state index in [0.29, 0.717) is 16.3 Å². The van der Waals surface area contributed by atoms with Gasteiger partial charge in [-0.05, 0) is 29.8 Å². The van der Waals surface area contributed by atoms with Crippen molar-refractivity contribution >= 4 is 32.5 Å². The number of rotatable bonds is 2. The molecule has 0 bridgehead atoms. The molecule has 4 nitrogen and oxygen atoms in total. The van der Waals surface area contributed by atoms with E-state index >= 15 is 0 Å². The quantitative estimate of drug-likeness (QED) is 0.679. The molecule has 0 aliphatic rings. The Balaban J connectivity index is 2.14.